The van der Waals surface area contributed by atoms with Crippen LogP contribution < -0.4 is 9.80 Å². The Kier molecular flexibility index (Phi) is 6.63. The van der Waals surface area contributed by atoms with E-state index in [4.69, 9.17) is 0 Å². The van der Waals surface area contributed by atoms with Crippen LogP contribution in [0.25, 0.3) is 10.9 Å². The lowest BCUT2D eigenvalue weighted by Crippen LogP contribution is -2.53. The van der Waals surface area contributed by atoms with E-state index < -0.39 is 0 Å². The number of benzene rings is 1. The van der Waals surface area contributed by atoms with Gasteiger partial charge in [0.15, 0.2) is 0 Å². The Morgan fingerprint density at radius 2 is 1.82 bits per heavy atom. The minimum atomic E-state index is 0.145. The van der Waals surface area contributed by atoms with Crippen molar-refractivity contribution >= 4 is 28.3 Å². The molecule has 5 rings (SSSR count). The standard InChI is InChI=1S/C27H35N5O/c1-21(20-32(26-13-7-8-14-28-26)27(33)22-9-3-2-4-10-22)30-15-17-31(18-16-30)25-19-29-24-12-6-5-11-23(24)25/h5-8,11-14,19,21-22,29H,2-4,9-10,15-18,20H2,1H3. The number of aromatic amines is 1. The molecule has 2 aromatic heterocycles. The van der Waals surface area contributed by atoms with Gasteiger partial charge in [-0.2, -0.15) is 0 Å². The number of fused-ring (bicyclic) bond motifs is 1. The molecule has 174 valence electrons. The molecule has 2 fully saturated rings. The van der Waals surface area contributed by atoms with Gasteiger partial charge < -0.3 is 9.88 Å². The first kappa shape index (κ1) is 22.0. The van der Waals surface area contributed by atoms with Gasteiger partial charge in [0, 0.05) is 68.0 Å². The van der Waals surface area contributed by atoms with Crippen molar-refractivity contribution in [2.75, 3.05) is 42.5 Å². The van der Waals surface area contributed by atoms with E-state index in [1.54, 1.807) is 6.20 Å². The third-order valence-electron chi connectivity index (χ3n) is 7.44. The van der Waals surface area contributed by atoms with E-state index in [2.05, 4.69) is 57.2 Å². The molecule has 6 nitrogen and oxygen atoms in total. The second-order valence-corrected chi connectivity index (χ2v) is 9.56. The molecule has 1 aromatic carbocycles. The van der Waals surface area contributed by atoms with E-state index in [-0.39, 0.29) is 17.9 Å². The number of aromatic nitrogens is 2. The number of amides is 1. The summed E-state index contributed by atoms with van der Waals surface area (Å²) in [5.41, 5.74) is 2.48. The largest absolute Gasteiger partial charge is 0.367 e. The zero-order valence-electron chi connectivity index (χ0n) is 19.6. The Labute approximate surface area is 196 Å². The van der Waals surface area contributed by atoms with Crippen LogP contribution in [0.2, 0.25) is 0 Å². The molecule has 1 aliphatic carbocycles. The first-order valence-electron chi connectivity index (χ1n) is 12.5. The first-order chi connectivity index (χ1) is 16.2. The normalized spacial score (nSPS) is 19.0. The van der Waals surface area contributed by atoms with Crippen LogP contribution in [0, 0.1) is 5.92 Å². The van der Waals surface area contributed by atoms with Gasteiger partial charge in [0.2, 0.25) is 5.91 Å². The predicted octanol–water partition coefficient (Wildman–Crippen LogP) is 4.69. The number of H-pyrrole nitrogens is 1. The number of nitrogens with one attached hydrogen (secondary N) is 1. The number of rotatable bonds is 6. The summed E-state index contributed by atoms with van der Waals surface area (Å²) >= 11 is 0. The SMILES string of the molecule is CC(CN(C(=O)C1CCCCC1)c1ccccn1)N1CCN(c2c[nH]c3ccccc23)CC1. The summed E-state index contributed by atoms with van der Waals surface area (Å²) in [5.74, 6) is 1.20. The molecule has 1 aliphatic heterocycles. The second-order valence-electron chi connectivity index (χ2n) is 9.56. The number of hydrogen-bond acceptors (Lipinski definition) is 4. The minimum Gasteiger partial charge on any atom is -0.367 e. The summed E-state index contributed by atoms with van der Waals surface area (Å²) in [5, 5.41) is 1.29. The molecule has 6 heteroatoms. The summed E-state index contributed by atoms with van der Waals surface area (Å²) in [6, 6.07) is 14.7. The molecule has 1 unspecified atom stereocenters. The lowest BCUT2D eigenvalue weighted by Gasteiger charge is -2.40. The molecule has 3 aromatic rings. The van der Waals surface area contributed by atoms with Crippen molar-refractivity contribution in [2.24, 2.45) is 5.92 Å². The van der Waals surface area contributed by atoms with Gasteiger partial charge in [-0.05, 0) is 38.0 Å². The average Bonchev–Trinajstić information content (AvgIpc) is 3.32. The van der Waals surface area contributed by atoms with Crippen LogP contribution in [0.4, 0.5) is 11.5 Å². The minimum absolute atomic E-state index is 0.145. The van der Waals surface area contributed by atoms with Gasteiger partial charge in [-0.25, -0.2) is 4.98 Å². The van der Waals surface area contributed by atoms with Crippen molar-refractivity contribution in [1.29, 1.82) is 0 Å². The summed E-state index contributed by atoms with van der Waals surface area (Å²) < 4.78 is 0. The van der Waals surface area contributed by atoms with Crippen LogP contribution in [0.3, 0.4) is 0 Å². The molecule has 1 amide bonds. The fourth-order valence-electron chi connectivity index (χ4n) is 5.48. The number of hydrogen-bond donors (Lipinski definition) is 1. The van der Waals surface area contributed by atoms with Crippen molar-refractivity contribution in [2.45, 2.75) is 45.1 Å². The molecule has 3 heterocycles. The van der Waals surface area contributed by atoms with E-state index in [1.807, 2.05) is 23.1 Å². The van der Waals surface area contributed by atoms with Gasteiger partial charge >= 0.3 is 0 Å². The summed E-state index contributed by atoms with van der Waals surface area (Å²) in [7, 11) is 0. The highest BCUT2D eigenvalue weighted by atomic mass is 16.2. The fraction of sp³-hybridized carbons (Fsp3) is 0.481. The van der Waals surface area contributed by atoms with Gasteiger partial charge in [0.1, 0.15) is 5.82 Å². The lowest BCUT2D eigenvalue weighted by atomic mass is 9.88. The second kappa shape index (κ2) is 9.96. The Balaban J connectivity index is 1.25. The fourth-order valence-corrected chi connectivity index (χ4v) is 5.48. The van der Waals surface area contributed by atoms with Crippen LogP contribution in [0.15, 0.2) is 54.9 Å². The quantitative estimate of drug-likeness (QED) is 0.598. The molecule has 2 aliphatic rings. The zero-order valence-corrected chi connectivity index (χ0v) is 19.6. The van der Waals surface area contributed by atoms with Crippen molar-refractivity contribution in [3.05, 3.63) is 54.9 Å². The van der Waals surface area contributed by atoms with E-state index in [1.165, 1.54) is 23.0 Å². The van der Waals surface area contributed by atoms with E-state index >= 15 is 0 Å². The number of para-hydroxylation sites is 1. The van der Waals surface area contributed by atoms with Crippen LogP contribution in [0.1, 0.15) is 39.0 Å². The van der Waals surface area contributed by atoms with Gasteiger partial charge in [-0.3, -0.25) is 14.6 Å². The molecule has 33 heavy (non-hydrogen) atoms. The van der Waals surface area contributed by atoms with Crippen LogP contribution in [0.5, 0.6) is 0 Å². The Bertz CT molecular complexity index is 1050. The molecule has 1 saturated carbocycles. The van der Waals surface area contributed by atoms with E-state index in [0.29, 0.717) is 6.54 Å². The van der Waals surface area contributed by atoms with Crippen molar-refractivity contribution in [3.63, 3.8) is 0 Å². The molecule has 0 radical (unpaired) electrons. The highest BCUT2D eigenvalue weighted by Crippen LogP contribution is 2.29. The van der Waals surface area contributed by atoms with Gasteiger partial charge in [0.05, 0.1) is 5.69 Å². The lowest BCUT2D eigenvalue weighted by molar-refractivity contribution is -0.123. The van der Waals surface area contributed by atoms with Gasteiger partial charge in [-0.1, -0.05) is 43.5 Å². The maximum Gasteiger partial charge on any atom is 0.231 e. The third-order valence-corrected chi connectivity index (χ3v) is 7.44. The van der Waals surface area contributed by atoms with Crippen LogP contribution in [-0.2, 0) is 4.79 Å². The zero-order chi connectivity index (χ0) is 22.6. The molecular formula is C27H35N5O. The number of piperazine rings is 1. The van der Waals surface area contributed by atoms with Gasteiger partial charge in [0.25, 0.3) is 0 Å². The number of pyridine rings is 1. The molecule has 1 atom stereocenters. The molecule has 1 N–H and O–H groups in total. The molecular weight excluding hydrogens is 410 g/mol. The highest BCUT2D eigenvalue weighted by Gasteiger charge is 2.31. The summed E-state index contributed by atoms with van der Waals surface area (Å²) in [6.45, 7) is 6.92. The smallest absolute Gasteiger partial charge is 0.231 e. The van der Waals surface area contributed by atoms with Crippen molar-refractivity contribution in [1.82, 2.24) is 14.9 Å². The van der Waals surface area contributed by atoms with Gasteiger partial charge in [-0.15, -0.1) is 0 Å². The van der Waals surface area contributed by atoms with Crippen molar-refractivity contribution in [3.8, 4) is 0 Å². The summed E-state index contributed by atoms with van der Waals surface area (Å²) in [6.07, 6.45) is 9.54. The Morgan fingerprint density at radius 3 is 2.58 bits per heavy atom. The van der Waals surface area contributed by atoms with E-state index in [9.17, 15) is 4.79 Å². The number of carbonyl (C=O) groups excluding carboxylic acids is 1. The average molecular weight is 446 g/mol. The third kappa shape index (κ3) is 4.76. The maximum absolute atomic E-state index is 13.5. The maximum atomic E-state index is 13.5. The molecule has 0 bridgehead atoms. The Hall–Kier alpha value is -2.86. The number of carbonyl (C=O) groups is 1. The molecule has 0 spiro atoms. The van der Waals surface area contributed by atoms with Crippen LogP contribution in [-0.4, -0.2) is 59.5 Å². The highest BCUT2D eigenvalue weighted by molar-refractivity contribution is 5.94. The monoisotopic (exact) mass is 445 g/mol. The van der Waals surface area contributed by atoms with Crippen molar-refractivity contribution < 1.29 is 4.79 Å². The predicted molar refractivity (Wildman–Crippen MR) is 135 cm³/mol. The summed E-state index contributed by atoms with van der Waals surface area (Å²) in [4.78, 5) is 28.4. The first-order valence-corrected chi connectivity index (χ1v) is 12.5. The van der Waals surface area contributed by atoms with Crippen LogP contribution >= 0.6 is 0 Å². The molecule has 1 saturated heterocycles. The Morgan fingerprint density at radius 1 is 1.06 bits per heavy atom. The number of anilines is 2. The topological polar surface area (TPSA) is 55.5 Å². The number of nitrogens with zero attached hydrogens (tertiary/aromatic N) is 4. The van der Waals surface area contributed by atoms with E-state index in [0.717, 1.165) is 57.7 Å².